The third-order valence-electron chi connectivity index (χ3n) is 3.36. The molecule has 1 fully saturated rings. The molecule has 0 bridgehead atoms. The molecular formula is C13H19NO4. The van der Waals surface area contributed by atoms with Crippen LogP contribution in [0.3, 0.4) is 0 Å². The van der Waals surface area contributed by atoms with Gasteiger partial charge in [0.15, 0.2) is 0 Å². The number of phenols is 1. The third-order valence-corrected chi connectivity index (χ3v) is 3.36. The molecule has 1 saturated carbocycles. The van der Waals surface area contributed by atoms with E-state index < -0.39 is 12.1 Å². The van der Waals surface area contributed by atoms with Crippen LogP contribution in [0.4, 0.5) is 0 Å². The molecule has 0 radical (unpaired) electrons. The highest BCUT2D eigenvalue weighted by Gasteiger charge is 2.36. The van der Waals surface area contributed by atoms with Gasteiger partial charge in [0, 0.05) is 12.1 Å². The molecule has 1 aromatic carbocycles. The molecule has 1 aliphatic carbocycles. The molecule has 5 heteroatoms. The Kier molecular flexibility index (Phi) is 3.63. The Morgan fingerprint density at radius 1 is 1.28 bits per heavy atom. The Bertz CT molecular complexity index is 431. The van der Waals surface area contributed by atoms with Crippen molar-refractivity contribution in [1.82, 2.24) is 0 Å². The molecule has 5 nitrogen and oxygen atoms in total. The summed E-state index contributed by atoms with van der Waals surface area (Å²) >= 11 is 0. The van der Waals surface area contributed by atoms with Gasteiger partial charge in [0.25, 0.3) is 0 Å². The average Bonchev–Trinajstić information content (AvgIpc) is 3.20. The van der Waals surface area contributed by atoms with E-state index in [1.807, 2.05) is 0 Å². The van der Waals surface area contributed by atoms with E-state index in [1.165, 1.54) is 20.3 Å². The van der Waals surface area contributed by atoms with Crippen LogP contribution in [0.1, 0.15) is 24.4 Å². The molecule has 18 heavy (non-hydrogen) atoms. The molecule has 0 unspecified atom stereocenters. The van der Waals surface area contributed by atoms with E-state index in [-0.39, 0.29) is 11.7 Å². The highest BCUT2D eigenvalue weighted by atomic mass is 16.5. The van der Waals surface area contributed by atoms with E-state index in [2.05, 4.69) is 0 Å². The molecule has 2 atom stereocenters. The van der Waals surface area contributed by atoms with Crippen molar-refractivity contribution in [3.05, 3.63) is 17.7 Å². The second-order valence-corrected chi connectivity index (χ2v) is 4.62. The van der Waals surface area contributed by atoms with Crippen molar-refractivity contribution in [2.24, 2.45) is 11.7 Å². The summed E-state index contributed by atoms with van der Waals surface area (Å²) < 4.78 is 10.3. The Morgan fingerprint density at radius 3 is 2.44 bits per heavy atom. The monoisotopic (exact) mass is 253 g/mol. The zero-order valence-electron chi connectivity index (χ0n) is 10.6. The number of benzene rings is 1. The van der Waals surface area contributed by atoms with Gasteiger partial charge in [-0.1, -0.05) is 0 Å². The molecule has 0 aliphatic heterocycles. The fourth-order valence-electron chi connectivity index (χ4n) is 2.11. The zero-order chi connectivity index (χ0) is 13.3. The van der Waals surface area contributed by atoms with Crippen molar-refractivity contribution in [2.75, 3.05) is 14.2 Å². The summed E-state index contributed by atoms with van der Waals surface area (Å²) in [6, 6.07) is 2.46. The Morgan fingerprint density at radius 2 is 1.94 bits per heavy atom. The molecule has 0 saturated heterocycles. The summed E-state index contributed by atoms with van der Waals surface area (Å²) in [6.07, 6.45) is 1.31. The number of rotatable bonds is 5. The zero-order valence-corrected chi connectivity index (χ0v) is 10.6. The molecule has 0 heterocycles. The van der Waals surface area contributed by atoms with E-state index >= 15 is 0 Å². The van der Waals surface area contributed by atoms with Gasteiger partial charge in [-0.2, -0.15) is 0 Å². The van der Waals surface area contributed by atoms with Gasteiger partial charge in [-0.05, 0) is 18.8 Å². The Hall–Kier alpha value is -1.46. The molecule has 0 amide bonds. The molecular weight excluding hydrogens is 234 g/mol. The smallest absolute Gasteiger partial charge is 0.131 e. The molecule has 4 N–H and O–H groups in total. The summed E-state index contributed by atoms with van der Waals surface area (Å²) in [7, 11) is 3.00. The lowest BCUT2D eigenvalue weighted by Gasteiger charge is -2.22. The number of aromatic hydroxyl groups is 1. The van der Waals surface area contributed by atoms with E-state index in [4.69, 9.17) is 15.2 Å². The highest BCUT2D eigenvalue weighted by Crippen LogP contribution is 2.43. The number of hydrogen-bond acceptors (Lipinski definition) is 5. The van der Waals surface area contributed by atoms with Crippen LogP contribution in [-0.4, -0.2) is 30.5 Å². The first kappa shape index (κ1) is 13.0. The normalized spacial score (nSPS) is 18.2. The average molecular weight is 253 g/mol. The standard InChI is InChI=1S/C13H19NO4/c1-17-8-5-9(15)11(10(6-8)18-2)12(14)13(16)7-3-4-7/h5-7,12-13,15-16H,3-4,14H2,1-2H3/t12-,13+/m1/s1. The quantitative estimate of drug-likeness (QED) is 0.733. The van der Waals surface area contributed by atoms with E-state index in [0.29, 0.717) is 17.1 Å². The first-order chi connectivity index (χ1) is 8.58. The molecule has 1 aromatic rings. The SMILES string of the molecule is COc1cc(O)c([C@@H](N)[C@@H](O)C2CC2)c(OC)c1. The van der Waals surface area contributed by atoms with Crippen LogP contribution in [0, 0.1) is 5.92 Å². The van der Waals surface area contributed by atoms with Gasteiger partial charge in [-0.15, -0.1) is 0 Å². The first-order valence-electron chi connectivity index (χ1n) is 5.97. The van der Waals surface area contributed by atoms with Crippen LogP contribution in [-0.2, 0) is 0 Å². The van der Waals surface area contributed by atoms with Crippen molar-refractivity contribution in [3.63, 3.8) is 0 Å². The van der Waals surface area contributed by atoms with Gasteiger partial charge in [-0.25, -0.2) is 0 Å². The number of aliphatic hydroxyl groups excluding tert-OH is 1. The second-order valence-electron chi connectivity index (χ2n) is 4.62. The first-order valence-corrected chi connectivity index (χ1v) is 5.97. The van der Waals surface area contributed by atoms with Crippen LogP contribution < -0.4 is 15.2 Å². The highest BCUT2D eigenvalue weighted by molar-refractivity contribution is 5.52. The van der Waals surface area contributed by atoms with Crippen LogP contribution in [0.25, 0.3) is 0 Å². The van der Waals surface area contributed by atoms with E-state index in [1.54, 1.807) is 6.07 Å². The summed E-state index contributed by atoms with van der Waals surface area (Å²) in [5.74, 6) is 1.13. The number of phenolic OH excluding ortho intramolecular Hbond substituents is 1. The van der Waals surface area contributed by atoms with Crippen molar-refractivity contribution in [1.29, 1.82) is 0 Å². The van der Waals surface area contributed by atoms with Crippen molar-refractivity contribution < 1.29 is 19.7 Å². The summed E-state index contributed by atoms with van der Waals surface area (Å²) in [5.41, 5.74) is 6.45. The maximum Gasteiger partial charge on any atom is 0.131 e. The van der Waals surface area contributed by atoms with Crippen molar-refractivity contribution in [3.8, 4) is 17.2 Å². The van der Waals surface area contributed by atoms with E-state index in [9.17, 15) is 10.2 Å². The predicted octanol–water partition coefficient (Wildman–Crippen LogP) is 1.18. The van der Waals surface area contributed by atoms with Crippen LogP contribution >= 0.6 is 0 Å². The lowest BCUT2D eigenvalue weighted by Crippen LogP contribution is -2.28. The van der Waals surface area contributed by atoms with Gasteiger partial charge in [0.05, 0.1) is 31.9 Å². The minimum absolute atomic E-state index is 0.0154. The Labute approximate surface area is 106 Å². The van der Waals surface area contributed by atoms with Crippen molar-refractivity contribution in [2.45, 2.75) is 25.0 Å². The molecule has 1 aliphatic rings. The summed E-state index contributed by atoms with van der Waals surface area (Å²) in [4.78, 5) is 0. The van der Waals surface area contributed by atoms with E-state index in [0.717, 1.165) is 12.8 Å². The van der Waals surface area contributed by atoms with Crippen molar-refractivity contribution >= 4 is 0 Å². The Balaban J connectivity index is 2.35. The van der Waals surface area contributed by atoms with Gasteiger partial charge < -0.3 is 25.4 Å². The van der Waals surface area contributed by atoms with Gasteiger partial charge in [-0.3, -0.25) is 0 Å². The lowest BCUT2D eigenvalue weighted by molar-refractivity contribution is 0.120. The molecule has 0 spiro atoms. The number of ether oxygens (including phenoxy) is 2. The minimum Gasteiger partial charge on any atom is -0.507 e. The fraction of sp³-hybridized carbons (Fsp3) is 0.538. The van der Waals surface area contributed by atoms with Gasteiger partial charge >= 0.3 is 0 Å². The number of methoxy groups -OCH3 is 2. The predicted molar refractivity (Wildman–Crippen MR) is 66.9 cm³/mol. The largest absolute Gasteiger partial charge is 0.507 e. The number of nitrogens with two attached hydrogens (primary N) is 1. The molecule has 2 rings (SSSR count). The number of hydrogen-bond donors (Lipinski definition) is 3. The minimum atomic E-state index is -0.654. The number of aliphatic hydroxyl groups is 1. The topological polar surface area (TPSA) is 84.9 Å². The van der Waals surface area contributed by atoms with Crippen LogP contribution in [0.15, 0.2) is 12.1 Å². The lowest BCUT2D eigenvalue weighted by atomic mass is 9.97. The second kappa shape index (κ2) is 5.04. The summed E-state index contributed by atoms with van der Waals surface area (Å²) in [5, 5.41) is 20.1. The van der Waals surface area contributed by atoms with Crippen LogP contribution in [0.2, 0.25) is 0 Å². The van der Waals surface area contributed by atoms with Crippen LogP contribution in [0.5, 0.6) is 17.2 Å². The third kappa shape index (κ3) is 2.37. The summed E-state index contributed by atoms with van der Waals surface area (Å²) in [6.45, 7) is 0. The van der Waals surface area contributed by atoms with Gasteiger partial charge in [0.1, 0.15) is 17.2 Å². The maximum absolute atomic E-state index is 10.1. The maximum atomic E-state index is 10.1. The molecule has 100 valence electrons. The molecule has 0 aromatic heterocycles. The fourth-order valence-corrected chi connectivity index (χ4v) is 2.11. The van der Waals surface area contributed by atoms with Gasteiger partial charge in [0.2, 0.25) is 0 Å².